The number of likely N-dealkylation sites (tertiary alicyclic amines) is 1. The van der Waals surface area contributed by atoms with Crippen molar-refractivity contribution in [3.8, 4) is 0 Å². The lowest BCUT2D eigenvalue weighted by atomic mass is 10.2. The molecule has 0 saturated carbocycles. The minimum absolute atomic E-state index is 0.246. The van der Waals surface area contributed by atoms with Crippen LogP contribution in [0.2, 0.25) is 0 Å². The van der Waals surface area contributed by atoms with Gasteiger partial charge >= 0.3 is 0 Å². The zero-order chi connectivity index (χ0) is 21.8. The summed E-state index contributed by atoms with van der Waals surface area (Å²) in [5.74, 6) is 1.46. The van der Waals surface area contributed by atoms with Gasteiger partial charge in [0.2, 0.25) is 17.8 Å². The number of rotatable bonds is 8. The highest BCUT2D eigenvalue weighted by Gasteiger charge is 2.27. The van der Waals surface area contributed by atoms with Gasteiger partial charge in [-0.1, -0.05) is 19.9 Å². The van der Waals surface area contributed by atoms with Crippen molar-refractivity contribution in [2.24, 2.45) is 0 Å². The van der Waals surface area contributed by atoms with E-state index in [1.807, 2.05) is 6.07 Å². The molecule has 2 fully saturated rings. The fraction of sp³-hybridized carbons (Fsp3) is 0.609. The number of halogens is 1. The molecular weight excluding hydrogens is 393 g/mol. The number of hydrogen-bond donors (Lipinski definition) is 2. The summed E-state index contributed by atoms with van der Waals surface area (Å²) in [6, 6.07) is 6.03. The van der Waals surface area contributed by atoms with Crippen LogP contribution in [0.3, 0.4) is 0 Å². The second-order valence-corrected chi connectivity index (χ2v) is 8.57. The molecule has 168 valence electrons. The molecule has 0 spiro atoms. The monoisotopic (exact) mass is 427 g/mol. The quantitative estimate of drug-likeness (QED) is 0.649. The fourth-order valence-corrected chi connectivity index (χ4v) is 4.70. The summed E-state index contributed by atoms with van der Waals surface area (Å²) >= 11 is 0. The van der Waals surface area contributed by atoms with Crippen molar-refractivity contribution in [3.63, 3.8) is 0 Å². The Hall–Kier alpha value is -2.48. The lowest BCUT2D eigenvalue weighted by Crippen LogP contribution is -2.35. The van der Waals surface area contributed by atoms with Crippen molar-refractivity contribution in [1.29, 1.82) is 0 Å². The van der Waals surface area contributed by atoms with Crippen LogP contribution in [0.25, 0.3) is 0 Å². The normalized spacial score (nSPS) is 21.6. The molecule has 1 aromatic heterocycles. The summed E-state index contributed by atoms with van der Waals surface area (Å²) in [4.78, 5) is 18.8. The average molecular weight is 428 g/mol. The number of nitrogens with one attached hydrogen (secondary N) is 2. The third-order valence-electron chi connectivity index (χ3n) is 6.56. The summed E-state index contributed by atoms with van der Waals surface area (Å²) in [7, 11) is 0. The molecule has 1 aromatic carbocycles. The zero-order valence-electron chi connectivity index (χ0n) is 18.9. The highest BCUT2D eigenvalue weighted by atomic mass is 19.1. The van der Waals surface area contributed by atoms with Gasteiger partial charge in [0, 0.05) is 30.9 Å². The first-order chi connectivity index (χ1) is 15.1. The molecule has 4 rings (SSSR count). The summed E-state index contributed by atoms with van der Waals surface area (Å²) in [5.41, 5.74) is 1.25. The number of benzene rings is 1. The number of aryl methyl sites for hydroxylation is 1. The number of aromatic nitrogens is 3. The van der Waals surface area contributed by atoms with Crippen LogP contribution in [-0.4, -0.2) is 58.1 Å². The van der Waals surface area contributed by atoms with Crippen LogP contribution < -0.4 is 15.5 Å². The van der Waals surface area contributed by atoms with Crippen LogP contribution >= 0.6 is 0 Å². The minimum atomic E-state index is -0.246. The lowest BCUT2D eigenvalue weighted by molar-refractivity contribution is 0.277. The third-order valence-corrected chi connectivity index (χ3v) is 6.56. The van der Waals surface area contributed by atoms with E-state index in [1.165, 1.54) is 18.9 Å². The molecule has 0 amide bonds. The molecule has 8 heteroatoms. The molecule has 0 radical (unpaired) electrons. The first kappa shape index (κ1) is 21.7. The average Bonchev–Trinajstić information content (AvgIpc) is 3.43. The van der Waals surface area contributed by atoms with Gasteiger partial charge in [0.15, 0.2) is 0 Å². The number of nitrogens with zero attached hydrogens (tertiary/aromatic N) is 5. The predicted molar refractivity (Wildman–Crippen MR) is 124 cm³/mol. The Labute approximate surface area is 184 Å². The van der Waals surface area contributed by atoms with Gasteiger partial charge in [-0.15, -0.1) is 0 Å². The van der Waals surface area contributed by atoms with Crippen LogP contribution in [-0.2, 0) is 0 Å². The molecule has 2 aliphatic heterocycles. The van der Waals surface area contributed by atoms with Crippen LogP contribution in [0.1, 0.15) is 51.5 Å². The smallest absolute Gasteiger partial charge is 0.233 e. The van der Waals surface area contributed by atoms with Crippen molar-refractivity contribution in [3.05, 3.63) is 29.6 Å². The molecule has 3 heterocycles. The summed E-state index contributed by atoms with van der Waals surface area (Å²) in [5, 5.41) is 6.63. The highest BCUT2D eigenvalue weighted by Crippen LogP contribution is 2.27. The third kappa shape index (κ3) is 5.06. The van der Waals surface area contributed by atoms with Gasteiger partial charge in [0.05, 0.1) is 0 Å². The maximum atomic E-state index is 14.0. The van der Waals surface area contributed by atoms with Gasteiger partial charge in [-0.3, -0.25) is 4.90 Å². The number of anilines is 4. The maximum absolute atomic E-state index is 14.0. The van der Waals surface area contributed by atoms with E-state index in [0.29, 0.717) is 41.2 Å². The standard InChI is InChI=1S/C23H34FN7/c1-4-18-8-7-13-31(18)23-28-21(25-15-19-9-6-12-30(19)5-2)27-22(29-23)26-17-11-10-16(3)20(24)14-17/h10-11,14,18-19H,4-9,12-13,15H2,1-3H3,(H2,25,26,27,28,29)/t18-,19?/m1/s1. The Bertz CT molecular complexity index is 890. The van der Waals surface area contributed by atoms with E-state index in [2.05, 4.69) is 39.3 Å². The summed E-state index contributed by atoms with van der Waals surface area (Å²) < 4.78 is 14.0. The molecule has 0 aliphatic carbocycles. The fourth-order valence-electron chi connectivity index (χ4n) is 4.70. The number of hydrogen-bond acceptors (Lipinski definition) is 7. The van der Waals surface area contributed by atoms with Crippen molar-refractivity contribution in [2.45, 2.75) is 65.0 Å². The van der Waals surface area contributed by atoms with Crippen molar-refractivity contribution in [1.82, 2.24) is 19.9 Å². The Morgan fingerprint density at radius 1 is 1.03 bits per heavy atom. The topological polar surface area (TPSA) is 69.2 Å². The molecule has 2 aromatic rings. The van der Waals surface area contributed by atoms with E-state index in [-0.39, 0.29) is 5.82 Å². The van der Waals surface area contributed by atoms with Crippen molar-refractivity contribution in [2.75, 3.05) is 41.7 Å². The predicted octanol–water partition coefficient (Wildman–Crippen LogP) is 4.34. The van der Waals surface area contributed by atoms with Gasteiger partial charge in [-0.25, -0.2) is 4.39 Å². The first-order valence-electron chi connectivity index (χ1n) is 11.6. The number of likely N-dealkylation sites (N-methyl/N-ethyl adjacent to an activating group) is 1. The highest BCUT2D eigenvalue weighted by molar-refractivity contribution is 5.56. The van der Waals surface area contributed by atoms with Gasteiger partial charge in [-0.05, 0) is 69.8 Å². The molecule has 2 N–H and O–H groups in total. The van der Waals surface area contributed by atoms with E-state index in [9.17, 15) is 4.39 Å². The van der Waals surface area contributed by atoms with Crippen LogP contribution in [0.4, 0.5) is 27.9 Å². The van der Waals surface area contributed by atoms with Gasteiger partial charge in [0.25, 0.3) is 0 Å². The maximum Gasteiger partial charge on any atom is 0.233 e. The Balaban J connectivity index is 1.57. The van der Waals surface area contributed by atoms with Crippen molar-refractivity contribution >= 4 is 23.5 Å². The Kier molecular flexibility index (Phi) is 6.85. The first-order valence-corrected chi connectivity index (χ1v) is 11.6. The second kappa shape index (κ2) is 9.77. The van der Waals surface area contributed by atoms with E-state index in [1.54, 1.807) is 13.0 Å². The molecule has 2 saturated heterocycles. The second-order valence-electron chi connectivity index (χ2n) is 8.57. The summed E-state index contributed by atoms with van der Waals surface area (Å²) in [6.07, 6.45) is 5.79. The van der Waals surface area contributed by atoms with E-state index in [4.69, 9.17) is 9.97 Å². The molecule has 31 heavy (non-hydrogen) atoms. The van der Waals surface area contributed by atoms with Crippen molar-refractivity contribution < 1.29 is 4.39 Å². The minimum Gasteiger partial charge on any atom is -0.352 e. The van der Waals surface area contributed by atoms with Crippen LogP contribution in [0.15, 0.2) is 18.2 Å². The van der Waals surface area contributed by atoms with E-state index < -0.39 is 0 Å². The molecule has 2 atom stereocenters. The molecule has 0 bridgehead atoms. The lowest BCUT2D eigenvalue weighted by Gasteiger charge is -2.25. The molecular formula is C23H34FN7. The Morgan fingerprint density at radius 3 is 2.58 bits per heavy atom. The largest absolute Gasteiger partial charge is 0.352 e. The molecule has 1 unspecified atom stereocenters. The SMILES string of the molecule is CC[C@@H]1CCCN1c1nc(NCC2CCCN2CC)nc(Nc2ccc(C)c(F)c2)n1. The van der Waals surface area contributed by atoms with Crippen LogP contribution in [0, 0.1) is 12.7 Å². The molecule has 7 nitrogen and oxygen atoms in total. The Morgan fingerprint density at radius 2 is 1.81 bits per heavy atom. The zero-order valence-corrected chi connectivity index (χ0v) is 18.9. The van der Waals surface area contributed by atoms with Gasteiger partial charge in [-0.2, -0.15) is 15.0 Å². The van der Waals surface area contributed by atoms with Gasteiger partial charge < -0.3 is 15.5 Å². The van der Waals surface area contributed by atoms with E-state index in [0.717, 1.165) is 45.4 Å². The van der Waals surface area contributed by atoms with Gasteiger partial charge in [0.1, 0.15) is 5.82 Å². The van der Waals surface area contributed by atoms with Crippen LogP contribution in [0.5, 0.6) is 0 Å². The van der Waals surface area contributed by atoms with E-state index >= 15 is 0 Å². The molecule has 2 aliphatic rings. The summed E-state index contributed by atoms with van der Waals surface area (Å²) in [6.45, 7) is 10.1.